The number of hydrogen-bond acceptors (Lipinski definition) is 2. The maximum atomic E-state index is 5.87. The van der Waals surface area contributed by atoms with Gasteiger partial charge in [0.15, 0.2) is 0 Å². The third-order valence-electron chi connectivity index (χ3n) is 6.55. The topological polar surface area (TPSA) is 18.5 Å². The van der Waals surface area contributed by atoms with Gasteiger partial charge in [-0.15, -0.1) is 0 Å². The van der Waals surface area contributed by atoms with Crippen LogP contribution in [0.25, 0.3) is 0 Å². The van der Waals surface area contributed by atoms with Crippen LogP contribution in [0.4, 0.5) is 0 Å². The predicted octanol–water partition coefficient (Wildman–Crippen LogP) is 3.01. The van der Waals surface area contributed by atoms with E-state index in [1.54, 1.807) is 0 Å². The molecule has 3 saturated carbocycles. The molecule has 7 atom stereocenters. The van der Waals surface area contributed by atoms with E-state index >= 15 is 0 Å². The van der Waals surface area contributed by atoms with Crippen molar-refractivity contribution >= 4 is 9.28 Å². The minimum atomic E-state index is -1.13. The molecule has 0 aromatic heterocycles. The van der Waals surface area contributed by atoms with Crippen LogP contribution in [0.1, 0.15) is 26.2 Å². The Bertz CT molecular complexity index is 392. The summed E-state index contributed by atoms with van der Waals surface area (Å²) in [6.07, 6.45) is 9.24. The number of allylic oxidation sites excluding steroid dienone is 2. The molecule has 0 saturated heterocycles. The standard InChI is InChI=1S/C15H23O2Si/c1-9-6-12-8-13(9)14-10-4-5-11(7-10)15(12,14)18(16-2)17-3/h4-5,9-14H,6-8H2,1-3H3. The smallest absolute Gasteiger partial charge is 0.392 e. The predicted molar refractivity (Wildman–Crippen MR) is 72.1 cm³/mol. The van der Waals surface area contributed by atoms with Crippen LogP contribution in [0, 0.1) is 35.5 Å². The normalized spacial score (nSPS) is 55.8. The quantitative estimate of drug-likeness (QED) is 0.443. The van der Waals surface area contributed by atoms with Crippen LogP contribution in [-0.4, -0.2) is 23.5 Å². The van der Waals surface area contributed by atoms with Gasteiger partial charge in [0.1, 0.15) is 0 Å². The summed E-state index contributed by atoms with van der Waals surface area (Å²) in [6, 6.07) is 0. The zero-order chi connectivity index (χ0) is 12.5. The fourth-order valence-corrected chi connectivity index (χ4v) is 8.92. The Balaban J connectivity index is 1.82. The molecule has 18 heavy (non-hydrogen) atoms. The van der Waals surface area contributed by atoms with Crippen molar-refractivity contribution in [1.82, 2.24) is 0 Å². The monoisotopic (exact) mass is 263 g/mol. The molecule has 2 nitrogen and oxygen atoms in total. The van der Waals surface area contributed by atoms with Crippen molar-refractivity contribution < 1.29 is 8.85 Å². The molecule has 7 unspecified atom stereocenters. The molecule has 0 amide bonds. The molecule has 0 aromatic rings. The van der Waals surface area contributed by atoms with Crippen LogP contribution in [0.2, 0.25) is 5.04 Å². The summed E-state index contributed by atoms with van der Waals surface area (Å²) in [6.45, 7) is 2.47. The van der Waals surface area contributed by atoms with Gasteiger partial charge >= 0.3 is 9.28 Å². The Hall–Kier alpha value is -0.123. The summed E-state index contributed by atoms with van der Waals surface area (Å²) >= 11 is 0. The molecule has 4 aliphatic rings. The first-order valence-corrected chi connectivity index (χ1v) is 8.68. The molecule has 0 aliphatic heterocycles. The Morgan fingerprint density at radius 3 is 2.61 bits per heavy atom. The van der Waals surface area contributed by atoms with Crippen molar-refractivity contribution in [1.29, 1.82) is 0 Å². The van der Waals surface area contributed by atoms with Gasteiger partial charge in [-0.1, -0.05) is 19.1 Å². The molecule has 99 valence electrons. The van der Waals surface area contributed by atoms with E-state index in [9.17, 15) is 0 Å². The van der Waals surface area contributed by atoms with E-state index in [-0.39, 0.29) is 0 Å². The van der Waals surface area contributed by atoms with Crippen molar-refractivity contribution in [3.8, 4) is 0 Å². The highest BCUT2D eigenvalue weighted by molar-refractivity contribution is 6.49. The Labute approximate surface area is 112 Å². The summed E-state index contributed by atoms with van der Waals surface area (Å²) in [4.78, 5) is 0. The van der Waals surface area contributed by atoms with Gasteiger partial charge in [0.2, 0.25) is 0 Å². The van der Waals surface area contributed by atoms with E-state index in [4.69, 9.17) is 8.85 Å². The summed E-state index contributed by atoms with van der Waals surface area (Å²) in [5, 5.41) is 0.407. The lowest BCUT2D eigenvalue weighted by Gasteiger charge is -2.48. The number of fused-ring (bicyclic) bond motifs is 9. The minimum Gasteiger partial charge on any atom is -0.396 e. The van der Waals surface area contributed by atoms with Crippen molar-refractivity contribution in [2.75, 3.05) is 14.2 Å². The molecular weight excluding hydrogens is 240 g/mol. The van der Waals surface area contributed by atoms with Gasteiger partial charge in [-0.25, -0.2) is 0 Å². The van der Waals surface area contributed by atoms with E-state index in [1.807, 2.05) is 14.2 Å². The van der Waals surface area contributed by atoms with Gasteiger partial charge in [-0.05, 0) is 54.8 Å². The fraction of sp³-hybridized carbons (Fsp3) is 0.867. The van der Waals surface area contributed by atoms with E-state index in [2.05, 4.69) is 19.1 Å². The summed E-state index contributed by atoms with van der Waals surface area (Å²) in [7, 11) is 2.61. The van der Waals surface area contributed by atoms with Crippen LogP contribution in [0.5, 0.6) is 0 Å². The van der Waals surface area contributed by atoms with Gasteiger partial charge in [0.05, 0.1) is 0 Å². The second kappa shape index (κ2) is 3.71. The van der Waals surface area contributed by atoms with E-state index in [0.717, 1.165) is 35.5 Å². The van der Waals surface area contributed by atoms with Gasteiger partial charge in [0, 0.05) is 19.3 Å². The lowest BCUT2D eigenvalue weighted by Crippen LogP contribution is -2.49. The maximum absolute atomic E-state index is 5.87. The number of rotatable bonds is 3. The first-order valence-electron chi connectivity index (χ1n) is 7.37. The third kappa shape index (κ3) is 1.09. The van der Waals surface area contributed by atoms with E-state index < -0.39 is 9.28 Å². The van der Waals surface area contributed by atoms with Crippen molar-refractivity contribution in [2.45, 2.75) is 31.2 Å². The lowest BCUT2D eigenvalue weighted by atomic mass is 9.69. The molecule has 0 aromatic carbocycles. The Morgan fingerprint density at radius 1 is 1.11 bits per heavy atom. The van der Waals surface area contributed by atoms with Crippen LogP contribution in [-0.2, 0) is 8.85 Å². The first-order chi connectivity index (χ1) is 8.73. The molecule has 3 heteroatoms. The van der Waals surface area contributed by atoms with Crippen LogP contribution < -0.4 is 0 Å². The molecule has 1 radical (unpaired) electrons. The largest absolute Gasteiger partial charge is 0.396 e. The second-order valence-electron chi connectivity index (χ2n) is 6.85. The number of hydrogen-bond donors (Lipinski definition) is 0. The zero-order valence-corrected chi connectivity index (χ0v) is 12.6. The summed E-state index contributed by atoms with van der Waals surface area (Å²) in [5.41, 5.74) is 0. The molecule has 0 heterocycles. The van der Waals surface area contributed by atoms with E-state index in [1.165, 1.54) is 19.3 Å². The second-order valence-corrected chi connectivity index (χ2v) is 9.11. The van der Waals surface area contributed by atoms with Gasteiger partial charge < -0.3 is 8.85 Å². The average Bonchev–Trinajstić information content (AvgIpc) is 3.06. The highest BCUT2D eigenvalue weighted by Gasteiger charge is 2.73. The highest BCUT2D eigenvalue weighted by Crippen LogP contribution is 2.78. The molecule has 3 fully saturated rings. The van der Waals surface area contributed by atoms with Crippen molar-refractivity contribution in [2.24, 2.45) is 35.5 Å². The third-order valence-corrected chi connectivity index (χ3v) is 9.11. The van der Waals surface area contributed by atoms with Crippen molar-refractivity contribution in [3.05, 3.63) is 12.2 Å². The lowest BCUT2D eigenvalue weighted by molar-refractivity contribution is 0.119. The van der Waals surface area contributed by atoms with Crippen molar-refractivity contribution in [3.63, 3.8) is 0 Å². The van der Waals surface area contributed by atoms with Gasteiger partial charge in [0.25, 0.3) is 0 Å². The van der Waals surface area contributed by atoms with E-state index in [0.29, 0.717) is 5.04 Å². The molecule has 4 rings (SSSR count). The summed E-state index contributed by atoms with van der Waals surface area (Å²) in [5.74, 6) is 5.20. The summed E-state index contributed by atoms with van der Waals surface area (Å²) < 4.78 is 11.7. The Morgan fingerprint density at radius 2 is 1.89 bits per heavy atom. The zero-order valence-electron chi connectivity index (χ0n) is 11.6. The van der Waals surface area contributed by atoms with Gasteiger partial charge in [-0.2, -0.15) is 0 Å². The maximum Gasteiger partial charge on any atom is 0.392 e. The minimum absolute atomic E-state index is 0.407. The molecule has 4 aliphatic carbocycles. The average molecular weight is 263 g/mol. The highest BCUT2D eigenvalue weighted by atomic mass is 28.3. The molecular formula is C15H23O2Si. The SMILES string of the molecule is CO[Si](OC)C12C3C=CC(C3)C1C1CC2CC1C. The van der Waals surface area contributed by atoms with Crippen LogP contribution >= 0.6 is 0 Å². The molecule has 4 bridgehead atoms. The van der Waals surface area contributed by atoms with Gasteiger partial charge in [-0.3, -0.25) is 0 Å². The van der Waals surface area contributed by atoms with Crippen LogP contribution in [0.3, 0.4) is 0 Å². The fourth-order valence-electron chi connectivity index (χ4n) is 6.26. The molecule has 0 spiro atoms. The molecule has 0 N–H and O–H groups in total. The Kier molecular flexibility index (Phi) is 2.41. The first kappa shape index (κ1) is 11.7. The van der Waals surface area contributed by atoms with Crippen LogP contribution in [0.15, 0.2) is 12.2 Å².